The molecule has 0 unspecified atom stereocenters. The van der Waals surface area contributed by atoms with Crippen LogP contribution in [0, 0.1) is 0 Å². The molecular formula is C24H14Cl2N2O2S. The van der Waals surface area contributed by atoms with Gasteiger partial charge in [-0.2, -0.15) is 0 Å². The molecule has 5 aromatic rings. The van der Waals surface area contributed by atoms with Crippen molar-refractivity contribution in [3.63, 3.8) is 0 Å². The van der Waals surface area contributed by atoms with Gasteiger partial charge in [0.05, 0.1) is 15.7 Å². The number of amides is 1. The summed E-state index contributed by atoms with van der Waals surface area (Å²) < 4.78 is 5.70. The van der Waals surface area contributed by atoms with E-state index in [0.717, 1.165) is 22.2 Å². The molecule has 0 bridgehead atoms. The molecule has 0 atom stereocenters. The highest BCUT2D eigenvalue weighted by Gasteiger charge is 2.15. The van der Waals surface area contributed by atoms with Gasteiger partial charge in [-0.15, -0.1) is 11.3 Å². The molecule has 152 valence electrons. The van der Waals surface area contributed by atoms with Gasteiger partial charge in [0, 0.05) is 16.5 Å². The molecule has 1 amide bonds. The van der Waals surface area contributed by atoms with Crippen molar-refractivity contribution in [3.05, 3.63) is 94.0 Å². The van der Waals surface area contributed by atoms with E-state index in [-0.39, 0.29) is 11.7 Å². The van der Waals surface area contributed by atoms with Crippen LogP contribution in [-0.4, -0.2) is 10.9 Å². The van der Waals surface area contributed by atoms with Gasteiger partial charge < -0.3 is 4.42 Å². The summed E-state index contributed by atoms with van der Waals surface area (Å²) in [4.78, 5) is 17.2. The van der Waals surface area contributed by atoms with E-state index < -0.39 is 0 Å². The van der Waals surface area contributed by atoms with Crippen LogP contribution in [0.4, 0.5) is 5.13 Å². The molecular weight excluding hydrogens is 451 g/mol. The summed E-state index contributed by atoms with van der Waals surface area (Å²) in [5.41, 5.74) is 2.54. The standard InChI is InChI=1S/C24H14Cl2N2O2S/c25-18-8-7-17(12-19(18)26)21-9-10-22(30-21)23(29)28-24-27-20(13-31-24)16-6-5-14-3-1-2-4-15(14)11-16/h1-13H,(H,27,28,29). The Balaban J connectivity index is 1.33. The molecule has 2 aromatic heterocycles. The molecule has 0 saturated carbocycles. The number of carbonyl (C=O) groups excluding carboxylic acids is 1. The molecule has 0 radical (unpaired) electrons. The summed E-state index contributed by atoms with van der Waals surface area (Å²) in [7, 11) is 0. The van der Waals surface area contributed by atoms with Gasteiger partial charge in [0.25, 0.3) is 5.91 Å². The Kier molecular flexibility index (Phi) is 5.24. The number of rotatable bonds is 4. The maximum Gasteiger partial charge on any atom is 0.293 e. The van der Waals surface area contributed by atoms with Crippen molar-refractivity contribution >= 4 is 56.3 Å². The zero-order valence-corrected chi connectivity index (χ0v) is 18.3. The number of fused-ring (bicyclic) bond motifs is 1. The van der Waals surface area contributed by atoms with E-state index in [1.54, 1.807) is 30.3 Å². The molecule has 0 fully saturated rings. The van der Waals surface area contributed by atoms with Gasteiger partial charge in [0.2, 0.25) is 0 Å². The maximum atomic E-state index is 12.6. The Bertz CT molecular complexity index is 1420. The number of anilines is 1. The molecule has 5 rings (SSSR count). The first-order valence-electron chi connectivity index (χ1n) is 9.38. The normalized spacial score (nSPS) is 11.0. The van der Waals surface area contributed by atoms with Gasteiger partial charge in [-0.1, -0.05) is 59.6 Å². The van der Waals surface area contributed by atoms with Crippen LogP contribution in [0.1, 0.15) is 10.6 Å². The number of hydrogen-bond donors (Lipinski definition) is 1. The molecule has 0 saturated heterocycles. The van der Waals surface area contributed by atoms with Gasteiger partial charge >= 0.3 is 0 Å². The van der Waals surface area contributed by atoms with Crippen LogP contribution in [-0.2, 0) is 0 Å². The lowest BCUT2D eigenvalue weighted by atomic mass is 10.1. The molecule has 4 nitrogen and oxygen atoms in total. The van der Waals surface area contributed by atoms with Crippen LogP contribution in [0.3, 0.4) is 0 Å². The summed E-state index contributed by atoms with van der Waals surface area (Å²) >= 11 is 13.4. The van der Waals surface area contributed by atoms with E-state index in [1.165, 1.54) is 16.7 Å². The fourth-order valence-corrected chi connectivity index (χ4v) is 4.25. The first-order valence-corrected chi connectivity index (χ1v) is 11.0. The predicted molar refractivity (Wildman–Crippen MR) is 127 cm³/mol. The van der Waals surface area contributed by atoms with Crippen LogP contribution >= 0.6 is 34.5 Å². The lowest BCUT2D eigenvalue weighted by molar-refractivity contribution is 0.0997. The number of halogens is 2. The second-order valence-corrected chi connectivity index (χ2v) is 8.52. The number of nitrogens with one attached hydrogen (secondary N) is 1. The monoisotopic (exact) mass is 464 g/mol. The molecule has 0 aliphatic rings. The molecule has 7 heteroatoms. The summed E-state index contributed by atoms with van der Waals surface area (Å²) in [6, 6.07) is 22.8. The van der Waals surface area contributed by atoms with E-state index in [0.29, 0.717) is 20.9 Å². The first-order chi connectivity index (χ1) is 15.1. The largest absolute Gasteiger partial charge is 0.451 e. The minimum absolute atomic E-state index is 0.184. The Morgan fingerprint density at radius 1 is 0.871 bits per heavy atom. The third-order valence-electron chi connectivity index (χ3n) is 4.80. The molecule has 1 N–H and O–H groups in total. The van der Waals surface area contributed by atoms with Gasteiger partial charge in [-0.3, -0.25) is 10.1 Å². The zero-order chi connectivity index (χ0) is 21.4. The maximum absolute atomic E-state index is 12.6. The number of furan rings is 1. The highest BCUT2D eigenvalue weighted by atomic mass is 35.5. The zero-order valence-electron chi connectivity index (χ0n) is 15.9. The fraction of sp³-hybridized carbons (Fsp3) is 0. The van der Waals surface area contributed by atoms with Crippen molar-refractivity contribution in [1.82, 2.24) is 4.98 Å². The Labute approximate surface area is 192 Å². The second kappa shape index (κ2) is 8.19. The number of hydrogen-bond acceptors (Lipinski definition) is 4. The summed E-state index contributed by atoms with van der Waals surface area (Å²) in [6.07, 6.45) is 0. The number of benzene rings is 3. The molecule has 3 aromatic carbocycles. The minimum Gasteiger partial charge on any atom is -0.451 e. The number of nitrogens with zero attached hydrogens (tertiary/aromatic N) is 1. The van der Waals surface area contributed by atoms with Crippen molar-refractivity contribution in [2.75, 3.05) is 5.32 Å². The molecule has 0 spiro atoms. The average molecular weight is 465 g/mol. The van der Waals surface area contributed by atoms with E-state index in [2.05, 4.69) is 34.6 Å². The van der Waals surface area contributed by atoms with Gasteiger partial charge in [-0.05, 0) is 47.2 Å². The number of thiazole rings is 1. The quantitative estimate of drug-likeness (QED) is 0.295. The van der Waals surface area contributed by atoms with Crippen LogP contribution in [0.15, 0.2) is 82.6 Å². The summed E-state index contributed by atoms with van der Waals surface area (Å²) in [5, 5.41) is 8.41. The van der Waals surface area contributed by atoms with Crippen LogP contribution in [0.2, 0.25) is 10.0 Å². The third kappa shape index (κ3) is 4.08. The highest BCUT2D eigenvalue weighted by Crippen LogP contribution is 2.31. The molecule has 0 aliphatic carbocycles. The molecule has 31 heavy (non-hydrogen) atoms. The van der Waals surface area contributed by atoms with E-state index in [4.69, 9.17) is 27.6 Å². The lowest BCUT2D eigenvalue weighted by Gasteiger charge is -2.02. The fourth-order valence-electron chi connectivity index (χ4n) is 3.24. The first kappa shape index (κ1) is 19.8. The average Bonchev–Trinajstić information content (AvgIpc) is 3.45. The highest BCUT2D eigenvalue weighted by molar-refractivity contribution is 7.14. The van der Waals surface area contributed by atoms with Crippen LogP contribution in [0.5, 0.6) is 0 Å². The van der Waals surface area contributed by atoms with Crippen molar-refractivity contribution < 1.29 is 9.21 Å². The van der Waals surface area contributed by atoms with Crippen molar-refractivity contribution in [1.29, 1.82) is 0 Å². The predicted octanol–water partition coefficient (Wildman–Crippen LogP) is 7.78. The van der Waals surface area contributed by atoms with Gasteiger partial charge in [0.1, 0.15) is 5.76 Å². The number of carbonyl (C=O) groups is 1. The molecule has 2 heterocycles. The van der Waals surface area contributed by atoms with Crippen molar-refractivity contribution in [2.45, 2.75) is 0 Å². The SMILES string of the molecule is O=C(Nc1nc(-c2ccc3ccccc3c2)cs1)c1ccc(-c2ccc(Cl)c(Cl)c2)o1. The van der Waals surface area contributed by atoms with E-state index >= 15 is 0 Å². The Morgan fingerprint density at radius 2 is 1.68 bits per heavy atom. The summed E-state index contributed by atoms with van der Waals surface area (Å²) in [6.45, 7) is 0. The minimum atomic E-state index is -0.370. The van der Waals surface area contributed by atoms with Gasteiger partial charge in [0.15, 0.2) is 10.9 Å². The van der Waals surface area contributed by atoms with Crippen molar-refractivity contribution in [2.24, 2.45) is 0 Å². The topological polar surface area (TPSA) is 55.1 Å². The number of aromatic nitrogens is 1. The van der Waals surface area contributed by atoms with E-state index in [9.17, 15) is 4.79 Å². The Hall–Kier alpha value is -3.12. The van der Waals surface area contributed by atoms with Crippen molar-refractivity contribution in [3.8, 4) is 22.6 Å². The van der Waals surface area contributed by atoms with Crippen LogP contribution in [0.25, 0.3) is 33.4 Å². The smallest absolute Gasteiger partial charge is 0.293 e. The lowest BCUT2D eigenvalue weighted by Crippen LogP contribution is -2.10. The van der Waals surface area contributed by atoms with Crippen LogP contribution < -0.4 is 5.32 Å². The molecule has 0 aliphatic heterocycles. The third-order valence-corrected chi connectivity index (χ3v) is 6.30. The van der Waals surface area contributed by atoms with Gasteiger partial charge in [-0.25, -0.2) is 4.98 Å². The Morgan fingerprint density at radius 3 is 2.52 bits per heavy atom. The van der Waals surface area contributed by atoms with E-state index in [1.807, 2.05) is 23.6 Å². The summed E-state index contributed by atoms with van der Waals surface area (Å²) in [5.74, 6) is 0.342. The second-order valence-electron chi connectivity index (χ2n) is 6.85.